The molecule has 2 aliphatic rings. The van der Waals surface area contributed by atoms with Crippen LogP contribution in [0, 0.1) is 19.1 Å². The average molecular weight is 593 g/mol. The third kappa shape index (κ3) is 7.06. The second-order valence-corrected chi connectivity index (χ2v) is 11.6. The van der Waals surface area contributed by atoms with Crippen molar-refractivity contribution in [2.75, 3.05) is 51.0 Å². The summed E-state index contributed by atoms with van der Waals surface area (Å²) in [4.78, 5) is 18.5. The van der Waals surface area contributed by atoms with Crippen LogP contribution in [0.5, 0.6) is 0 Å². The van der Waals surface area contributed by atoms with Gasteiger partial charge in [0.2, 0.25) is 5.69 Å². The predicted octanol–water partition coefficient (Wildman–Crippen LogP) is 5.02. The molecule has 8 nitrogen and oxygen atoms in total. The maximum absolute atomic E-state index is 13.7. The molecule has 1 amide bonds. The van der Waals surface area contributed by atoms with E-state index in [9.17, 15) is 10.0 Å². The zero-order valence-electron chi connectivity index (χ0n) is 24.8. The number of ether oxygens (including phenoxy) is 2. The molecule has 0 aliphatic carbocycles. The van der Waals surface area contributed by atoms with Crippen LogP contribution in [0.15, 0.2) is 48.7 Å². The van der Waals surface area contributed by atoms with E-state index in [1.54, 1.807) is 6.07 Å². The molecule has 2 saturated heterocycles. The van der Waals surface area contributed by atoms with Crippen molar-refractivity contribution in [3.63, 3.8) is 0 Å². The van der Waals surface area contributed by atoms with E-state index in [-0.39, 0.29) is 12.5 Å². The summed E-state index contributed by atoms with van der Waals surface area (Å²) in [5.41, 5.74) is 6.93. The van der Waals surface area contributed by atoms with Crippen LogP contribution in [0.3, 0.4) is 0 Å². The fraction of sp³-hybridized carbons (Fsp3) is 0.455. The van der Waals surface area contributed by atoms with E-state index in [2.05, 4.69) is 52.4 Å². The van der Waals surface area contributed by atoms with Crippen LogP contribution in [0.25, 0.3) is 11.1 Å². The summed E-state index contributed by atoms with van der Waals surface area (Å²) < 4.78 is 11.9. The van der Waals surface area contributed by atoms with Crippen molar-refractivity contribution in [2.45, 2.75) is 52.7 Å². The second-order valence-electron chi connectivity index (χ2n) is 11.2. The van der Waals surface area contributed by atoms with Gasteiger partial charge in [-0.1, -0.05) is 35.9 Å². The molecule has 3 aromatic rings. The first kappa shape index (κ1) is 30.3. The van der Waals surface area contributed by atoms with Gasteiger partial charge in [0.1, 0.15) is 11.6 Å². The zero-order chi connectivity index (χ0) is 29.6. The Morgan fingerprint density at radius 1 is 1.05 bits per heavy atom. The Kier molecular flexibility index (Phi) is 10.0. The summed E-state index contributed by atoms with van der Waals surface area (Å²) in [6, 6.07) is 14.9. The molecule has 2 aromatic carbocycles. The van der Waals surface area contributed by atoms with E-state index in [1.165, 1.54) is 11.8 Å². The number of amides is 1. The van der Waals surface area contributed by atoms with Gasteiger partial charge in [-0.25, -0.2) is 0 Å². The number of aromatic nitrogens is 1. The number of pyridine rings is 1. The summed E-state index contributed by atoms with van der Waals surface area (Å²) in [5, 5.41) is 15.8. The van der Waals surface area contributed by atoms with Gasteiger partial charge in [-0.05, 0) is 74.1 Å². The fourth-order valence-electron chi connectivity index (χ4n) is 5.95. The highest BCUT2D eigenvalue weighted by molar-refractivity contribution is 6.31. The maximum Gasteiger partial charge on any atom is 0.252 e. The predicted molar refractivity (Wildman–Crippen MR) is 166 cm³/mol. The van der Waals surface area contributed by atoms with Crippen molar-refractivity contribution in [2.24, 2.45) is 0 Å². The van der Waals surface area contributed by atoms with Gasteiger partial charge in [-0.3, -0.25) is 9.69 Å². The van der Waals surface area contributed by atoms with Crippen molar-refractivity contribution >= 4 is 23.2 Å². The van der Waals surface area contributed by atoms with E-state index in [1.807, 2.05) is 19.9 Å². The van der Waals surface area contributed by atoms with Gasteiger partial charge >= 0.3 is 0 Å². The van der Waals surface area contributed by atoms with E-state index >= 15 is 0 Å². The molecule has 3 heterocycles. The average Bonchev–Trinajstić information content (AvgIpc) is 2.99. The summed E-state index contributed by atoms with van der Waals surface area (Å²) in [5.74, 6) is -0.237. The number of halogens is 1. The molecule has 1 N–H and O–H groups in total. The second kappa shape index (κ2) is 13.9. The van der Waals surface area contributed by atoms with Gasteiger partial charge in [0.15, 0.2) is 6.20 Å². The Bertz CT molecular complexity index is 1360. The summed E-state index contributed by atoms with van der Waals surface area (Å²) in [6.07, 6.45) is 3.36. The first-order valence-electron chi connectivity index (χ1n) is 14.9. The van der Waals surface area contributed by atoms with Crippen molar-refractivity contribution < 1.29 is 19.0 Å². The van der Waals surface area contributed by atoms with E-state index < -0.39 is 0 Å². The molecule has 0 unspecified atom stereocenters. The highest BCUT2D eigenvalue weighted by Crippen LogP contribution is 2.34. The molecular formula is C33H41ClN4O4. The highest BCUT2D eigenvalue weighted by atomic mass is 35.5. The van der Waals surface area contributed by atoms with Crippen LogP contribution < -0.4 is 14.9 Å². The van der Waals surface area contributed by atoms with Crippen molar-refractivity contribution in [3.8, 4) is 11.1 Å². The highest BCUT2D eigenvalue weighted by Gasteiger charge is 2.25. The third-order valence-electron chi connectivity index (χ3n) is 8.34. The van der Waals surface area contributed by atoms with Gasteiger partial charge < -0.3 is 24.9 Å². The van der Waals surface area contributed by atoms with Gasteiger partial charge in [0.05, 0.1) is 13.2 Å². The number of hydrogen-bond acceptors (Lipinski definition) is 6. The first-order chi connectivity index (χ1) is 20.3. The fourth-order valence-corrected chi connectivity index (χ4v) is 6.27. The monoisotopic (exact) mass is 592 g/mol. The lowest BCUT2D eigenvalue weighted by Gasteiger charge is -2.37. The molecule has 0 radical (unpaired) electrons. The Hall–Kier alpha value is -3.17. The molecule has 0 bridgehead atoms. The summed E-state index contributed by atoms with van der Waals surface area (Å²) in [6.45, 7) is 12.7. The number of nitrogens with zero attached hydrogens (tertiary/aromatic N) is 3. The standard InChI is InChI=1S/C33H41ClN4O4/c1-4-37(28-9-13-41-14-10-28)31-19-27(26-7-5-25(6-8-26)22-36-11-15-42-16-12-36)18-29(24(31)3)33(39)35-20-32-30(34)17-23(2)21-38(32)40/h5-8,17-19,21,28H,4,9-16,20,22H2,1-3H3,(H,35,39). The third-order valence-corrected chi connectivity index (χ3v) is 8.66. The number of benzene rings is 2. The molecule has 224 valence electrons. The Morgan fingerprint density at radius 3 is 2.40 bits per heavy atom. The number of carbonyl (C=O) groups is 1. The van der Waals surface area contributed by atoms with Crippen molar-refractivity contribution in [3.05, 3.63) is 86.8 Å². The molecule has 0 atom stereocenters. The topological polar surface area (TPSA) is 81.0 Å². The van der Waals surface area contributed by atoms with Crippen LogP contribution in [-0.2, 0) is 22.6 Å². The normalized spacial score (nSPS) is 16.4. The molecule has 42 heavy (non-hydrogen) atoms. The van der Waals surface area contributed by atoms with Gasteiger partial charge in [-0.15, -0.1) is 0 Å². The largest absolute Gasteiger partial charge is 0.618 e. The molecule has 1 aromatic heterocycles. The summed E-state index contributed by atoms with van der Waals surface area (Å²) >= 11 is 6.35. The number of anilines is 1. The lowest BCUT2D eigenvalue weighted by atomic mass is 9.94. The SMILES string of the molecule is CCN(c1cc(-c2ccc(CN3CCOCC3)cc2)cc(C(=O)NCc2c(Cl)cc(C)c[n+]2[O-])c1C)C1CCOCC1. The van der Waals surface area contributed by atoms with Crippen LogP contribution in [0.1, 0.15) is 52.5 Å². The molecule has 0 spiro atoms. The minimum Gasteiger partial charge on any atom is -0.618 e. The van der Waals surface area contributed by atoms with Crippen LogP contribution >= 0.6 is 11.6 Å². The molecule has 9 heteroatoms. The molecule has 5 rings (SSSR count). The minimum absolute atomic E-state index is 0.0359. The number of hydrogen-bond donors (Lipinski definition) is 1. The first-order valence-corrected chi connectivity index (χ1v) is 15.3. The quantitative estimate of drug-likeness (QED) is 0.277. The Morgan fingerprint density at radius 2 is 1.74 bits per heavy atom. The number of aryl methyl sites for hydroxylation is 1. The van der Waals surface area contributed by atoms with Gasteiger partial charge in [-0.2, -0.15) is 4.73 Å². The van der Waals surface area contributed by atoms with E-state index in [4.69, 9.17) is 21.1 Å². The van der Waals surface area contributed by atoms with Crippen LogP contribution in [-0.4, -0.2) is 62.9 Å². The van der Waals surface area contributed by atoms with Crippen LogP contribution in [0.2, 0.25) is 5.02 Å². The van der Waals surface area contributed by atoms with Crippen LogP contribution in [0.4, 0.5) is 5.69 Å². The van der Waals surface area contributed by atoms with Gasteiger partial charge in [0.25, 0.3) is 5.91 Å². The zero-order valence-corrected chi connectivity index (χ0v) is 25.6. The molecular weight excluding hydrogens is 552 g/mol. The van der Waals surface area contributed by atoms with Crippen molar-refractivity contribution in [1.82, 2.24) is 10.2 Å². The molecule has 2 fully saturated rings. The van der Waals surface area contributed by atoms with E-state index in [0.29, 0.717) is 22.3 Å². The number of rotatable bonds is 9. The number of nitrogens with one attached hydrogen (secondary N) is 1. The lowest BCUT2D eigenvalue weighted by Crippen LogP contribution is -2.40. The molecule has 0 saturated carbocycles. The summed E-state index contributed by atoms with van der Waals surface area (Å²) in [7, 11) is 0. The number of morpholine rings is 1. The number of carbonyl (C=O) groups excluding carboxylic acids is 1. The minimum atomic E-state index is -0.237. The maximum atomic E-state index is 13.7. The molecule has 2 aliphatic heterocycles. The lowest BCUT2D eigenvalue weighted by molar-refractivity contribution is -0.614. The Balaban J connectivity index is 1.46. The smallest absolute Gasteiger partial charge is 0.252 e. The van der Waals surface area contributed by atoms with Crippen molar-refractivity contribution in [1.29, 1.82) is 0 Å². The van der Waals surface area contributed by atoms with E-state index in [0.717, 1.165) is 98.1 Å². The van der Waals surface area contributed by atoms with Gasteiger partial charge in [0, 0.05) is 62.2 Å². The Labute approximate surface area is 253 Å².